The molecule has 2 aromatic carbocycles. The Labute approximate surface area is 169 Å². The van der Waals surface area contributed by atoms with E-state index in [-0.39, 0.29) is 0 Å². The van der Waals surface area contributed by atoms with Crippen LogP contribution in [0.4, 0.5) is 23.0 Å². The smallest absolute Gasteiger partial charge is 0.203 e. The highest BCUT2D eigenvalue weighted by Crippen LogP contribution is 2.40. The Morgan fingerprint density at radius 3 is 1.86 bits per heavy atom. The van der Waals surface area contributed by atoms with Gasteiger partial charge in [0.2, 0.25) is 5.75 Å². The molecule has 0 aliphatic rings. The number of hydrogen-bond acceptors (Lipinski definition) is 8. The van der Waals surface area contributed by atoms with Crippen LogP contribution >= 0.6 is 0 Å². The van der Waals surface area contributed by atoms with E-state index in [0.29, 0.717) is 34.7 Å². The van der Waals surface area contributed by atoms with Crippen molar-refractivity contribution in [3.8, 4) is 23.0 Å². The molecule has 0 atom stereocenters. The minimum Gasteiger partial charge on any atom is -0.497 e. The topological polar surface area (TPSA) is 86.8 Å². The molecule has 8 nitrogen and oxygen atoms in total. The maximum atomic E-state index is 5.40. The van der Waals surface area contributed by atoms with Gasteiger partial charge in [0.05, 0.1) is 28.4 Å². The molecule has 0 amide bonds. The fraction of sp³-hybridized carbons (Fsp3) is 0.238. The molecule has 152 valence electrons. The summed E-state index contributed by atoms with van der Waals surface area (Å²) in [5.74, 6) is 4.28. The van der Waals surface area contributed by atoms with Crippen LogP contribution in [-0.2, 0) is 0 Å². The third-order valence-corrected chi connectivity index (χ3v) is 4.12. The molecule has 0 radical (unpaired) electrons. The molecule has 0 unspecified atom stereocenters. The van der Waals surface area contributed by atoms with Crippen LogP contribution in [0.2, 0.25) is 0 Å². The minimum absolute atomic E-state index is 0.528. The number of aromatic nitrogens is 2. The molecule has 2 N–H and O–H groups in total. The highest BCUT2D eigenvalue weighted by atomic mass is 16.5. The van der Waals surface area contributed by atoms with Gasteiger partial charge in [0.15, 0.2) is 11.5 Å². The van der Waals surface area contributed by atoms with Gasteiger partial charge in [0.25, 0.3) is 0 Å². The zero-order valence-electron chi connectivity index (χ0n) is 17.1. The van der Waals surface area contributed by atoms with E-state index < -0.39 is 0 Å². The summed E-state index contributed by atoms with van der Waals surface area (Å²) in [6, 6.07) is 13.1. The molecule has 8 heteroatoms. The fourth-order valence-corrected chi connectivity index (χ4v) is 2.85. The summed E-state index contributed by atoms with van der Waals surface area (Å²) < 4.78 is 21.4. The second kappa shape index (κ2) is 9.01. The van der Waals surface area contributed by atoms with Crippen molar-refractivity contribution >= 4 is 23.0 Å². The minimum atomic E-state index is 0.528. The number of nitrogens with zero attached hydrogens (tertiary/aromatic N) is 2. The number of ether oxygens (including phenoxy) is 4. The van der Waals surface area contributed by atoms with Gasteiger partial charge in [-0.15, -0.1) is 0 Å². The first kappa shape index (κ1) is 20.1. The number of rotatable bonds is 8. The number of anilines is 4. The number of hydrogen-bond donors (Lipinski definition) is 2. The molecule has 0 saturated heterocycles. The Morgan fingerprint density at radius 2 is 1.31 bits per heavy atom. The van der Waals surface area contributed by atoms with Crippen molar-refractivity contribution in [2.24, 2.45) is 0 Å². The van der Waals surface area contributed by atoms with Crippen molar-refractivity contribution in [2.75, 3.05) is 39.1 Å². The molecule has 0 fully saturated rings. The Balaban J connectivity index is 1.88. The van der Waals surface area contributed by atoms with E-state index in [1.807, 2.05) is 49.4 Å². The molecule has 3 aromatic rings. The van der Waals surface area contributed by atoms with Crippen LogP contribution in [0, 0.1) is 6.92 Å². The molecule has 0 saturated carbocycles. The molecule has 29 heavy (non-hydrogen) atoms. The molecule has 1 heterocycles. The second-order valence-corrected chi connectivity index (χ2v) is 6.08. The highest BCUT2D eigenvalue weighted by Gasteiger charge is 2.14. The van der Waals surface area contributed by atoms with Crippen molar-refractivity contribution < 1.29 is 18.9 Å². The van der Waals surface area contributed by atoms with Gasteiger partial charge in [0, 0.05) is 35.6 Å². The molecule has 0 aliphatic heterocycles. The monoisotopic (exact) mass is 396 g/mol. The second-order valence-electron chi connectivity index (χ2n) is 6.08. The lowest BCUT2D eigenvalue weighted by molar-refractivity contribution is 0.324. The average molecular weight is 396 g/mol. The Kier molecular flexibility index (Phi) is 6.23. The summed E-state index contributed by atoms with van der Waals surface area (Å²) in [6.45, 7) is 1.83. The van der Waals surface area contributed by atoms with Crippen LogP contribution in [-0.4, -0.2) is 38.4 Å². The molecule has 1 aromatic heterocycles. The van der Waals surface area contributed by atoms with Crippen molar-refractivity contribution in [2.45, 2.75) is 6.92 Å². The van der Waals surface area contributed by atoms with Gasteiger partial charge >= 0.3 is 0 Å². The van der Waals surface area contributed by atoms with E-state index in [1.54, 1.807) is 28.4 Å². The molecule has 0 bridgehead atoms. The SMILES string of the molecule is COc1cccc(Nc2cc(Nc3cc(OC)c(OC)c(OC)c3)nc(C)n2)c1. The quantitative estimate of drug-likeness (QED) is 0.583. The maximum absolute atomic E-state index is 5.40. The lowest BCUT2D eigenvalue weighted by Crippen LogP contribution is -2.02. The first-order valence-electron chi connectivity index (χ1n) is 8.90. The highest BCUT2D eigenvalue weighted by molar-refractivity contribution is 5.68. The van der Waals surface area contributed by atoms with Gasteiger partial charge in [0.1, 0.15) is 23.2 Å². The van der Waals surface area contributed by atoms with Crippen LogP contribution in [0.3, 0.4) is 0 Å². The number of methoxy groups -OCH3 is 4. The van der Waals surface area contributed by atoms with Gasteiger partial charge in [-0.3, -0.25) is 0 Å². The summed E-state index contributed by atoms with van der Waals surface area (Å²) in [7, 11) is 6.35. The standard InChI is InChI=1S/C21H24N4O4/c1-13-22-19(24-14-7-6-8-16(9-14)26-2)12-20(23-13)25-15-10-17(27-3)21(29-5)18(11-15)28-4/h6-12H,1-5H3,(H2,22,23,24,25). The van der Waals surface area contributed by atoms with Crippen LogP contribution in [0.15, 0.2) is 42.5 Å². The zero-order valence-corrected chi connectivity index (χ0v) is 17.1. The summed E-state index contributed by atoms with van der Waals surface area (Å²) in [5, 5.41) is 6.53. The first-order valence-corrected chi connectivity index (χ1v) is 8.90. The van der Waals surface area contributed by atoms with E-state index in [1.165, 1.54) is 0 Å². The third kappa shape index (κ3) is 4.78. The first-order chi connectivity index (χ1) is 14.1. The Bertz CT molecular complexity index is 969. The molecule has 0 aliphatic carbocycles. The van der Waals surface area contributed by atoms with E-state index in [0.717, 1.165) is 17.1 Å². The number of nitrogens with one attached hydrogen (secondary N) is 2. The summed E-state index contributed by atoms with van der Waals surface area (Å²) >= 11 is 0. The summed E-state index contributed by atoms with van der Waals surface area (Å²) in [4.78, 5) is 8.91. The molecular weight excluding hydrogens is 372 g/mol. The fourth-order valence-electron chi connectivity index (χ4n) is 2.85. The lowest BCUT2D eigenvalue weighted by Gasteiger charge is -2.15. The summed E-state index contributed by atoms with van der Waals surface area (Å²) in [5.41, 5.74) is 1.60. The third-order valence-electron chi connectivity index (χ3n) is 4.12. The van der Waals surface area contributed by atoms with Crippen molar-refractivity contribution in [3.05, 3.63) is 48.3 Å². The van der Waals surface area contributed by atoms with Gasteiger partial charge in [-0.25, -0.2) is 9.97 Å². The van der Waals surface area contributed by atoms with Gasteiger partial charge in [-0.1, -0.05) is 6.07 Å². The zero-order chi connectivity index (χ0) is 20.8. The van der Waals surface area contributed by atoms with Gasteiger partial charge in [-0.2, -0.15) is 0 Å². The van der Waals surface area contributed by atoms with E-state index in [4.69, 9.17) is 18.9 Å². The lowest BCUT2D eigenvalue weighted by atomic mass is 10.2. The van der Waals surface area contributed by atoms with Crippen LogP contribution < -0.4 is 29.6 Å². The number of aryl methyl sites for hydroxylation is 1. The van der Waals surface area contributed by atoms with Crippen molar-refractivity contribution in [1.82, 2.24) is 9.97 Å². The summed E-state index contributed by atoms with van der Waals surface area (Å²) in [6.07, 6.45) is 0. The van der Waals surface area contributed by atoms with Gasteiger partial charge in [-0.05, 0) is 19.1 Å². The normalized spacial score (nSPS) is 10.2. The Hall–Kier alpha value is -3.68. The molecule has 0 spiro atoms. The van der Waals surface area contributed by atoms with Crippen LogP contribution in [0.25, 0.3) is 0 Å². The largest absolute Gasteiger partial charge is 0.497 e. The van der Waals surface area contributed by atoms with E-state index in [9.17, 15) is 0 Å². The van der Waals surface area contributed by atoms with E-state index >= 15 is 0 Å². The predicted molar refractivity (Wildman–Crippen MR) is 112 cm³/mol. The molecular formula is C21H24N4O4. The predicted octanol–water partition coefficient (Wildman–Crippen LogP) is 4.31. The van der Waals surface area contributed by atoms with Gasteiger partial charge < -0.3 is 29.6 Å². The van der Waals surface area contributed by atoms with E-state index in [2.05, 4.69) is 20.6 Å². The van der Waals surface area contributed by atoms with Crippen LogP contribution in [0.1, 0.15) is 5.82 Å². The van der Waals surface area contributed by atoms with Crippen molar-refractivity contribution in [1.29, 1.82) is 0 Å². The average Bonchev–Trinajstić information content (AvgIpc) is 2.72. The van der Waals surface area contributed by atoms with Crippen molar-refractivity contribution in [3.63, 3.8) is 0 Å². The Morgan fingerprint density at radius 1 is 0.690 bits per heavy atom. The molecule has 3 rings (SSSR count). The number of benzene rings is 2. The van der Waals surface area contributed by atoms with Crippen LogP contribution in [0.5, 0.6) is 23.0 Å². The maximum Gasteiger partial charge on any atom is 0.203 e.